The summed E-state index contributed by atoms with van der Waals surface area (Å²) in [4.78, 5) is 12.1. The number of aryl methyl sites for hydroxylation is 1. The van der Waals surface area contributed by atoms with Crippen LogP contribution in [0.3, 0.4) is 0 Å². The van der Waals surface area contributed by atoms with Gasteiger partial charge in [0, 0.05) is 5.56 Å². The molecule has 0 aliphatic rings. The Labute approximate surface area is 123 Å². The molecule has 0 N–H and O–H groups in total. The first-order chi connectivity index (χ1) is 9.53. The van der Waals surface area contributed by atoms with Crippen molar-refractivity contribution in [3.05, 3.63) is 52.9 Å². The molecule has 0 saturated heterocycles. The molecular formula is C15H16O3S2. The topological polar surface area (TPSA) is 51.2 Å². The second kappa shape index (κ2) is 6.33. The number of sulfone groups is 1. The van der Waals surface area contributed by atoms with Crippen LogP contribution in [0.15, 0.2) is 46.0 Å². The van der Waals surface area contributed by atoms with E-state index in [1.165, 1.54) is 6.07 Å². The number of carbonyl (C=O) groups is 1. The van der Waals surface area contributed by atoms with Crippen LogP contribution in [0.25, 0.3) is 0 Å². The number of hydrogen-bond acceptors (Lipinski definition) is 4. The van der Waals surface area contributed by atoms with Crippen molar-refractivity contribution in [2.45, 2.75) is 24.0 Å². The van der Waals surface area contributed by atoms with Crippen molar-refractivity contribution < 1.29 is 13.2 Å². The summed E-state index contributed by atoms with van der Waals surface area (Å²) >= 11 is 1.14. The molecule has 1 aromatic carbocycles. The lowest BCUT2D eigenvalue weighted by Crippen LogP contribution is -2.15. The Morgan fingerprint density at radius 3 is 2.40 bits per heavy atom. The van der Waals surface area contributed by atoms with Gasteiger partial charge in [-0.25, -0.2) is 8.42 Å². The summed E-state index contributed by atoms with van der Waals surface area (Å²) in [6.45, 7) is 2.09. The van der Waals surface area contributed by atoms with Gasteiger partial charge in [0.05, 0.1) is 0 Å². The van der Waals surface area contributed by atoms with Crippen molar-refractivity contribution in [2.75, 3.05) is 5.75 Å². The summed E-state index contributed by atoms with van der Waals surface area (Å²) in [5.41, 5.74) is 1.61. The standard InChI is InChI=1S/C15H16O3S2/c1-2-4-12-6-8-13(9-7-12)14(16)11-20(17,18)15-5-3-10-19-15/h3,5-10H,2,4,11H2,1H3. The second-order valence-corrected chi connectivity index (χ2v) is 7.73. The average molecular weight is 308 g/mol. The molecular weight excluding hydrogens is 292 g/mol. The third kappa shape index (κ3) is 3.55. The van der Waals surface area contributed by atoms with E-state index in [-0.39, 0.29) is 9.99 Å². The highest BCUT2D eigenvalue weighted by Gasteiger charge is 2.21. The summed E-state index contributed by atoms with van der Waals surface area (Å²) in [7, 11) is -3.52. The lowest BCUT2D eigenvalue weighted by atomic mass is 10.1. The van der Waals surface area contributed by atoms with Crippen molar-refractivity contribution in [3.63, 3.8) is 0 Å². The number of rotatable bonds is 6. The van der Waals surface area contributed by atoms with Crippen LogP contribution < -0.4 is 0 Å². The van der Waals surface area contributed by atoms with Gasteiger partial charge in [-0.1, -0.05) is 43.7 Å². The van der Waals surface area contributed by atoms with Gasteiger partial charge < -0.3 is 0 Å². The highest BCUT2D eigenvalue weighted by atomic mass is 32.2. The van der Waals surface area contributed by atoms with Crippen molar-refractivity contribution in [1.82, 2.24) is 0 Å². The highest BCUT2D eigenvalue weighted by molar-refractivity contribution is 7.94. The van der Waals surface area contributed by atoms with Crippen LogP contribution in [0, 0.1) is 0 Å². The lowest BCUT2D eigenvalue weighted by molar-refractivity contribution is 0.102. The van der Waals surface area contributed by atoms with E-state index in [9.17, 15) is 13.2 Å². The van der Waals surface area contributed by atoms with E-state index in [4.69, 9.17) is 0 Å². The lowest BCUT2D eigenvalue weighted by Gasteiger charge is -2.03. The molecule has 0 atom stereocenters. The number of Topliss-reactive ketones (excluding diaryl/α,β-unsaturated/α-hetero) is 1. The molecule has 0 aliphatic carbocycles. The molecule has 20 heavy (non-hydrogen) atoms. The minimum atomic E-state index is -3.52. The van der Waals surface area contributed by atoms with E-state index < -0.39 is 15.6 Å². The van der Waals surface area contributed by atoms with Gasteiger partial charge in [-0.05, 0) is 23.4 Å². The molecule has 1 heterocycles. The third-order valence-electron chi connectivity index (χ3n) is 2.94. The summed E-state index contributed by atoms with van der Waals surface area (Å²) in [5, 5.41) is 1.69. The molecule has 106 valence electrons. The Morgan fingerprint density at radius 1 is 1.15 bits per heavy atom. The summed E-state index contributed by atoms with van der Waals surface area (Å²) in [6.07, 6.45) is 2.00. The van der Waals surface area contributed by atoms with E-state index in [1.54, 1.807) is 23.6 Å². The number of carbonyl (C=O) groups excluding carboxylic acids is 1. The largest absolute Gasteiger partial charge is 0.293 e. The van der Waals surface area contributed by atoms with Gasteiger partial charge in [0.2, 0.25) is 0 Å². The van der Waals surface area contributed by atoms with Crippen LogP contribution in [0.4, 0.5) is 0 Å². The van der Waals surface area contributed by atoms with E-state index in [2.05, 4.69) is 6.92 Å². The van der Waals surface area contributed by atoms with Gasteiger partial charge >= 0.3 is 0 Å². The number of thiophene rings is 1. The smallest absolute Gasteiger partial charge is 0.195 e. The molecule has 2 rings (SSSR count). The number of ketones is 1. The molecule has 2 aromatic rings. The van der Waals surface area contributed by atoms with Gasteiger partial charge in [-0.3, -0.25) is 4.79 Å². The van der Waals surface area contributed by atoms with Crippen molar-refractivity contribution in [2.24, 2.45) is 0 Å². The molecule has 0 saturated carbocycles. The molecule has 0 amide bonds. The average Bonchev–Trinajstić information content (AvgIpc) is 2.94. The summed E-state index contributed by atoms with van der Waals surface area (Å²) in [5.74, 6) is -0.831. The van der Waals surface area contributed by atoms with E-state index in [1.807, 2.05) is 12.1 Å². The van der Waals surface area contributed by atoms with Crippen LogP contribution in [0.1, 0.15) is 29.3 Å². The molecule has 0 aliphatic heterocycles. The first-order valence-corrected chi connectivity index (χ1v) is 8.94. The van der Waals surface area contributed by atoms with Crippen molar-refractivity contribution in [1.29, 1.82) is 0 Å². The van der Waals surface area contributed by atoms with E-state index >= 15 is 0 Å². The Hall–Kier alpha value is -1.46. The Kier molecular flexibility index (Phi) is 4.73. The Balaban J connectivity index is 2.12. The fourth-order valence-electron chi connectivity index (χ4n) is 1.91. The van der Waals surface area contributed by atoms with Crippen LogP contribution in [-0.4, -0.2) is 20.0 Å². The van der Waals surface area contributed by atoms with E-state index in [0.29, 0.717) is 5.56 Å². The molecule has 5 heteroatoms. The number of hydrogen-bond donors (Lipinski definition) is 0. The molecule has 0 fully saturated rings. The Morgan fingerprint density at radius 2 is 1.85 bits per heavy atom. The predicted molar refractivity (Wildman–Crippen MR) is 81.1 cm³/mol. The van der Waals surface area contributed by atoms with Crippen molar-refractivity contribution >= 4 is 27.0 Å². The SMILES string of the molecule is CCCc1ccc(C(=O)CS(=O)(=O)c2cccs2)cc1. The van der Waals surface area contributed by atoms with Crippen LogP contribution in [0.2, 0.25) is 0 Å². The molecule has 1 aromatic heterocycles. The monoisotopic (exact) mass is 308 g/mol. The third-order valence-corrected chi connectivity index (χ3v) is 6.04. The van der Waals surface area contributed by atoms with Crippen LogP contribution in [0.5, 0.6) is 0 Å². The first kappa shape index (κ1) is 14.9. The number of benzene rings is 1. The quantitative estimate of drug-likeness (QED) is 0.769. The molecule has 0 unspecified atom stereocenters. The van der Waals surface area contributed by atoms with Gasteiger partial charge in [0.15, 0.2) is 15.6 Å². The molecule has 3 nitrogen and oxygen atoms in total. The van der Waals surface area contributed by atoms with Crippen LogP contribution >= 0.6 is 11.3 Å². The van der Waals surface area contributed by atoms with Crippen LogP contribution in [-0.2, 0) is 16.3 Å². The first-order valence-electron chi connectivity index (χ1n) is 6.41. The normalized spacial score (nSPS) is 11.4. The fourth-order valence-corrected chi connectivity index (χ4v) is 4.23. The predicted octanol–water partition coefficient (Wildman–Crippen LogP) is 3.36. The second-order valence-electron chi connectivity index (χ2n) is 4.56. The van der Waals surface area contributed by atoms with E-state index in [0.717, 1.165) is 29.7 Å². The Bertz CT molecular complexity index is 668. The van der Waals surface area contributed by atoms with Gasteiger partial charge in [0.25, 0.3) is 0 Å². The zero-order chi connectivity index (χ0) is 14.6. The molecule has 0 spiro atoms. The van der Waals surface area contributed by atoms with Gasteiger partial charge in [-0.2, -0.15) is 0 Å². The maximum atomic E-state index is 12.1. The molecule has 0 bridgehead atoms. The molecule has 0 radical (unpaired) electrons. The maximum Gasteiger partial charge on any atom is 0.195 e. The summed E-state index contributed by atoms with van der Waals surface area (Å²) < 4.78 is 24.3. The van der Waals surface area contributed by atoms with Crippen molar-refractivity contribution in [3.8, 4) is 0 Å². The van der Waals surface area contributed by atoms with Gasteiger partial charge in [-0.15, -0.1) is 11.3 Å². The zero-order valence-corrected chi connectivity index (χ0v) is 12.8. The maximum absolute atomic E-state index is 12.1. The minimum Gasteiger partial charge on any atom is -0.293 e. The minimum absolute atomic E-state index is 0.244. The highest BCUT2D eigenvalue weighted by Crippen LogP contribution is 2.18. The zero-order valence-electron chi connectivity index (χ0n) is 11.2. The summed E-state index contributed by atoms with van der Waals surface area (Å²) in [6, 6.07) is 10.4. The fraction of sp³-hybridized carbons (Fsp3) is 0.267. The van der Waals surface area contributed by atoms with Gasteiger partial charge in [0.1, 0.15) is 9.96 Å².